The number of sulfonamides is 1. The summed E-state index contributed by atoms with van der Waals surface area (Å²) in [6, 6.07) is 4.84. The molecular weight excluding hydrogens is 276 g/mol. The fourth-order valence-corrected chi connectivity index (χ4v) is 3.42. The van der Waals surface area contributed by atoms with Gasteiger partial charge in [-0.15, -0.1) is 0 Å². The molecule has 112 valence electrons. The van der Waals surface area contributed by atoms with Crippen molar-refractivity contribution >= 4 is 21.6 Å². The van der Waals surface area contributed by atoms with Crippen LogP contribution in [0.15, 0.2) is 23.1 Å². The highest BCUT2D eigenvalue weighted by Gasteiger charge is 2.26. The zero-order valence-corrected chi connectivity index (χ0v) is 13.4. The third-order valence-electron chi connectivity index (χ3n) is 3.09. The molecule has 0 aliphatic carbocycles. The standard InChI is InChI=1S/C14H22N2O3S/c1-6-14(4,5)16-20(18,19)13-9-12(15-11(3)17)8-7-10(13)2/h7-9,16H,6H2,1-5H3,(H,15,17). The third kappa shape index (κ3) is 4.31. The van der Waals surface area contributed by atoms with Crippen molar-refractivity contribution in [3.63, 3.8) is 0 Å². The van der Waals surface area contributed by atoms with E-state index in [2.05, 4.69) is 10.0 Å². The van der Waals surface area contributed by atoms with Gasteiger partial charge in [-0.25, -0.2) is 13.1 Å². The summed E-state index contributed by atoms with van der Waals surface area (Å²) in [6.07, 6.45) is 0.677. The van der Waals surface area contributed by atoms with Crippen molar-refractivity contribution in [2.45, 2.75) is 51.5 Å². The van der Waals surface area contributed by atoms with Gasteiger partial charge >= 0.3 is 0 Å². The topological polar surface area (TPSA) is 75.3 Å². The number of amides is 1. The lowest BCUT2D eigenvalue weighted by Gasteiger charge is -2.24. The molecule has 0 radical (unpaired) electrons. The summed E-state index contributed by atoms with van der Waals surface area (Å²) in [5.74, 6) is -0.237. The number of nitrogens with one attached hydrogen (secondary N) is 2. The lowest BCUT2D eigenvalue weighted by molar-refractivity contribution is -0.114. The van der Waals surface area contributed by atoms with Gasteiger partial charge in [-0.05, 0) is 44.9 Å². The number of carbonyl (C=O) groups excluding carboxylic acids is 1. The molecule has 0 aliphatic heterocycles. The Bertz CT molecular complexity index is 607. The van der Waals surface area contributed by atoms with Crippen LogP contribution in [0.25, 0.3) is 0 Å². The molecule has 1 amide bonds. The summed E-state index contributed by atoms with van der Waals surface area (Å²) in [5.41, 5.74) is 0.589. The van der Waals surface area contributed by atoms with Crippen molar-refractivity contribution < 1.29 is 13.2 Å². The molecule has 0 heterocycles. The molecule has 0 bridgehead atoms. The highest BCUT2D eigenvalue weighted by atomic mass is 32.2. The van der Waals surface area contributed by atoms with E-state index in [1.807, 2.05) is 20.8 Å². The summed E-state index contributed by atoms with van der Waals surface area (Å²) >= 11 is 0. The Balaban J connectivity index is 3.20. The molecule has 6 heteroatoms. The van der Waals surface area contributed by atoms with Crippen LogP contribution in [0.4, 0.5) is 5.69 Å². The van der Waals surface area contributed by atoms with Crippen LogP contribution < -0.4 is 10.0 Å². The fraction of sp³-hybridized carbons (Fsp3) is 0.500. The second-order valence-electron chi connectivity index (χ2n) is 5.50. The predicted octanol–water partition coefficient (Wildman–Crippen LogP) is 2.42. The highest BCUT2D eigenvalue weighted by Crippen LogP contribution is 2.22. The van der Waals surface area contributed by atoms with Gasteiger partial charge < -0.3 is 5.32 Å². The quantitative estimate of drug-likeness (QED) is 0.876. The Morgan fingerprint density at radius 1 is 1.30 bits per heavy atom. The monoisotopic (exact) mass is 298 g/mol. The molecule has 0 saturated heterocycles. The Hall–Kier alpha value is -1.40. The number of benzene rings is 1. The van der Waals surface area contributed by atoms with Gasteiger partial charge in [0.2, 0.25) is 15.9 Å². The molecule has 1 aromatic carbocycles. The number of anilines is 1. The Morgan fingerprint density at radius 2 is 1.90 bits per heavy atom. The first-order valence-corrected chi connectivity index (χ1v) is 7.98. The summed E-state index contributed by atoms with van der Waals surface area (Å²) in [6.45, 7) is 8.69. The molecule has 1 aromatic rings. The number of carbonyl (C=O) groups is 1. The van der Waals surface area contributed by atoms with E-state index in [1.165, 1.54) is 13.0 Å². The van der Waals surface area contributed by atoms with E-state index in [1.54, 1.807) is 19.1 Å². The molecule has 0 aliphatic rings. The lowest BCUT2D eigenvalue weighted by atomic mass is 10.0. The molecule has 0 aromatic heterocycles. The van der Waals surface area contributed by atoms with Gasteiger partial charge in [-0.3, -0.25) is 4.79 Å². The van der Waals surface area contributed by atoms with Crippen molar-refractivity contribution in [2.75, 3.05) is 5.32 Å². The first-order chi connectivity index (χ1) is 9.07. The molecule has 0 unspecified atom stereocenters. The molecular formula is C14H22N2O3S. The van der Waals surface area contributed by atoms with E-state index in [0.29, 0.717) is 17.7 Å². The Morgan fingerprint density at radius 3 is 2.40 bits per heavy atom. The number of rotatable bonds is 5. The van der Waals surface area contributed by atoms with E-state index in [9.17, 15) is 13.2 Å². The molecule has 2 N–H and O–H groups in total. The van der Waals surface area contributed by atoms with E-state index in [-0.39, 0.29) is 10.8 Å². The van der Waals surface area contributed by atoms with Crippen molar-refractivity contribution in [2.24, 2.45) is 0 Å². The average Bonchev–Trinajstić information content (AvgIpc) is 2.29. The molecule has 5 nitrogen and oxygen atoms in total. The van der Waals surface area contributed by atoms with E-state index < -0.39 is 15.6 Å². The van der Waals surface area contributed by atoms with Gasteiger partial charge in [0.15, 0.2) is 0 Å². The lowest BCUT2D eigenvalue weighted by Crippen LogP contribution is -2.42. The maximum absolute atomic E-state index is 12.4. The SMILES string of the molecule is CCC(C)(C)NS(=O)(=O)c1cc(NC(C)=O)ccc1C. The van der Waals surface area contributed by atoms with Gasteiger partial charge in [0.05, 0.1) is 4.90 Å². The normalized spacial score (nSPS) is 12.2. The van der Waals surface area contributed by atoms with Gasteiger partial charge in [-0.2, -0.15) is 0 Å². The van der Waals surface area contributed by atoms with Gasteiger partial charge in [0.25, 0.3) is 0 Å². The molecule has 0 spiro atoms. The van der Waals surface area contributed by atoms with E-state index in [4.69, 9.17) is 0 Å². The maximum Gasteiger partial charge on any atom is 0.241 e. The van der Waals surface area contributed by atoms with Crippen LogP contribution in [0.3, 0.4) is 0 Å². The van der Waals surface area contributed by atoms with Crippen molar-refractivity contribution in [1.29, 1.82) is 0 Å². The van der Waals surface area contributed by atoms with Crippen LogP contribution in [0.5, 0.6) is 0 Å². The minimum atomic E-state index is -3.62. The smallest absolute Gasteiger partial charge is 0.241 e. The third-order valence-corrected chi connectivity index (χ3v) is 4.93. The fourth-order valence-electron chi connectivity index (χ4n) is 1.66. The zero-order valence-electron chi connectivity index (χ0n) is 12.6. The van der Waals surface area contributed by atoms with Crippen LogP contribution in [-0.4, -0.2) is 19.9 Å². The van der Waals surface area contributed by atoms with Crippen LogP contribution >= 0.6 is 0 Å². The first-order valence-electron chi connectivity index (χ1n) is 6.49. The Labute approximate surface area is 120 Å². The molecule has 0 atom stereocenters. The minimum absolute atomic E-state index is 0.185. The summed E-state index contributed by atoms with van der Waals surface area (Å²) in [4.78, 5) is 11.2. The van der Waals surface area contributed by atoms with E-state index >= 15 is 0 Å². The molecule has 0 saturated carbocycles. The number of hydrogen-bond donors (Lipinski definition) is 2. The van der Waals surface area contributed by atoms with Crippen molar-refractivity contribution in [3.05, 3.63) is 23.8 Å². The summed E-state index contributed by atoms with van der Waals surface area (Å²) in [5, 5.41) is 2.59. The molecule has 1 rings (SSSR count). The van der Waals surface area contributed by atoms with Crippen LogP contribution in [0.1, 0.15) is 39.7 Å². The second-order valence-corrected chi connectivity index (χ2v) is 7.16. The van der Waals surface area contributed by atoms with Crippen molar-refractivity contribution in [1.82, 2.24) is 4.72 Å². The van der Waals surface area contributed by atoms with Crippen LogP contribution in [-0.2, 0) is 14.8 Å². The summed E-state index contributed by atoms with van der Waals surface area (Å²) < 4.78 is 27.6. The number of aryl methyl sites for hydroxylation is 1. The highest BCUT2D eigenvalue weighted by molar-refractivity contribution is 7.89. The average molecular weight is 298 g/mol. The summed E-state index contributed by atoms with van der Waals surface area (Å²) in [7, 11) is -3.62. The Kier molecular flexibility index (Phi) is 4.94. The van der Waals surface area contributed by atoms with E-state index in [0.717, 1.165) is 0 Å². The maximum atomic E-state index is 12.4. The zero-order chi connectivity index (χ0) is 15.6. The van der Waals surface area contributed by atoms with Gasteiger partial charge in [0.1, 0.15) is 0 Å². The van der Waals surface area contributed by atoms with Crippen molar-refractivity contribution in [3.8, 4) is 0 Å². The molecule has 0 fully saturated rings. The molecule has 20 heavy (non-hydrogen) atoms. The van der Waals surface area contributed by atoms with Crippen LogP contribution in [0.2, 0.25) is 0 Å². The largest absolute Gasteiger partial charge is 0.326 e. The number of hydrogen-bond acceptors (Lipinski definition) is 3. The predicted molar refractivity (Wildman–Crippen MR) is 80.2 cm³/mol. The second kappa shape index (κ2) is 5.93. The van der Waals surface area contributed by atoms with Crippen LogP contribution in [0, 0.1) is 6.92 Å². The van der Waals surface area contributed by atoms with Gasteiger partial charge in [-0.1, -0.05) is 13.0 Å². The minimum Gasteiger partial charge on any atom is -0.326 e. The van der Waals surface area contributed by atoms with Gasteiger partial charge in [0, 0.05) is 18.2 Å². The first kappa shape index (κ1) is 16.7.